The highest BCUT2D eigenvalue weighted by molar-refractivity contribution is 7.09. The van der Waals surface area contributed by atoms with Gasteiger partial charge in [-0.1, -0.05) is 32.8 Å². The van der Waals surface area contributed by atoms with Crippen molar-refractivity contribution in [2.45, 2.75) is 65.0 Å². The standard InChI is InChI=1S/C18H32N2S/c1-16(2)14-19-11-5-3-4-6-12-20(17-9-10-17)15-18-8-7-13-21-18/h7-8,13,16-17,19H,3-6,9-12,14-15H2,1-2H3. The van der Waals surface area contributed by atoms with Crippen LogP contribution in [-0.2, 0) is 6.54 Å². The molecule has 0 aromatic carbocycles. The van der Waals surface area contributed by atoms with Gasteiger partial charge in [0.15, 0.2) is 0 Å². The number of unbranched alkanes of at least 4 members (excludes halogenated alkanes) is 3. The molecule has 1 heterocycles. The Morgan fingerprint density at radius 1 is 1.24 bits per heavy atom. The number of hydrogen-bond acceptors (Lipinski definition) is 3. The molecule has 0 bridgehead atoms. The van der Waals surface area contributed by atoms with Gasteiger partial charge in [-0.3, -0.25) is 4.90 Å². The lowest BCUT2D eigenvalue weighted by Crippen LogP contribution is -2.26. The molecule has 0 atom stereocenters. The highest BCUT2D eigenvalue weighted by Gasteiger charge is 2.28. The van der Waals surface area contributed by atoms with E-state index < -0.39 is 0 Å². The Balaban J connectivity index is 1.50. The van der Waals surface area contributed by atoms with E-state index in [0.717, 1.165) is 18.5 Å². The van der Waals surface area contributed by atoms with E-state index in [1.165, 1.54) is 63.0 Å². The molecule has 1 aromatic rings. The van der Waals surface area contributed by atoms with Crippen molar-refractivity contribution in [3.8, 4) is 0 Å². The highest BCUT2D eigenvalue weighted by Crippen LogP contribution is 2.29. The molecule has 0 unspecified atom stereocenters. The largest absolute Gasteiger partial charge is 0.316 e. The fourth-order valence-electron chi connectivity index (χ4n) is 2.74. The van der Waals surface area contributed by atoms with Crippen molar-refractivity contribution in [3.63, 3.8) is 0 Å². The van der Waals surface area contributed by atoms with Gasteiger partial charge < -0.3 is 5.32 Å². The van der Waals surface area contributed by atoms with Crippen molar-refractivity contribution in [2.75, 3.05) is 19.6 Å². The summed E-state index contributed by atoms with van der Waals surface area (Å²) in [4.78, 5) is 4.24. The summed E-state index contributed by atoms with van der Waals surface area (Å²) in [5, 5.41) is 5.73. The van der Waals surface area contributed by atoms with Crippen LogP contribution in [0.5, 0.6) is 0 Å². The van der Waals surface area contributed by atoms with Crippen LogP contribution in [0.25, 0.3) is 0 Å². The van der Waals surface area contributed by atoms with E-state index in [-0.39, 0.29) is 0 Å². The molecule has 1 aliphatic carbocycles. The van der Waals surface area contributed by atoms with Crippen LogP contribution >= 0.6 is 11.3 Å². The predicted molar refractivity (Wildman–Crippen MR) is 93.9 cm³/mol. The van der Waals surface area contributed by atoms with Gasteiger partial charge in [0.05, 0.1) is 0 Å². The second-order valence-corrected chi connectivity index (χ2v) is 7.83. The molecular formula is C18H32N2S. The van der Waals surface area contributed by atoms with Crippen molar-refractivity contribution in [3.05, 3.63) is 22.4 Å². The Morgan fingerprint density at radius 3 is 2.71 bits per heavy atom. The van der Waals surface area contributed by atoms with Gasteiger partial charge >= 0.3 is 0 Å². The first-order valence-electron chi connectivity index (χ1n) is 8.73. The third kappa shape index (κ3) is 7.44. The third-order valence-electron chi connectivity index (χ3n) is 4.10. The molecule has 1 saturated carbocycles. The van der Waals surface area contributed by atoms with Gasteiger partial charge in [0.1, 0.15) is 0 Å². The Bertz CT molecular complexity index is 357. The van der Waals surface area contributed by atoms with Crippen LogP contribution in [0.15, 0.2) is 17.5 Å². The molecule has 0 amide bonds. The van der Waals surface area contributed by atoms with E-state index in [9.17, 15) is 0 Å². The molecule has 120 valence electrons. The first-order chi connectivity index (χ1) is 10.3. The van der Waals surface area contributed by atoms with Crippen molar-refractivity contribution < 1.29 is 0 Å². The fraction of sp³-hybridized carbons (Fsp3) is 0.778. The van der Waals surface area contributed by atoms with Crippen molar-refractivity contribution in [1.29, 1.82) is 0 Å². The minimum absolute atomic E-state index is 0.773. The van der Waals surface area contributed by atoms with Crippen LogP contribution < -0.4 is 5.32 Å². The van der Waals surface area contributed by atoms with Crippen LogP contribution in [0, 0.1) is 5.92 Å². The number of hydrogen-bond donors (Lipinski definition) is 1. The average molecular weight is 309 g/mol. The number of nitrogens with zero attached hydrogens (tertiary/aromatic N) is 1. The lowest BCUT2D eigenvalue weighted by molar-refractivity contribution is 0.250. The maximum absolute atomic E-state index is 3.53. The summed E-state index contributed by atoms with van der Waals surface area (Å²) in [6.07, 6.45) is 8.31. The molecular weight excluding hydrogens is 276 g/mol. The van der Waals surface area contributed by atoms with E-state index >= 15 is 0 Å². The van der Waals surface area contributed by atoms with Crippen LogP contribution in [0.4, 0.5) is 0 Å². The molecule has 1 N–H and O–H groups in total. The summed E-state index contributed by atoms with van der Waals surface area (Å²) >= 11 is 1.90. The molecule has 0 spiro atoms. The average Bonchev–Trinajstić information content (AvgIpc) is 3.18. The zero-order chi connectivity index (χ0) is 14.9. The second-order valence-electron chi connectivity index (χ2n) is 6.79. The van der Waals surface area contributed by atoms with E-state index in [4.69, 9.17) is 0 Å². The summed E-state index contributed by atoms with van der Waals surface area (Å²) in [6, 6.07) is 5.34. The van der Waals surface area contributed by atoms with Crippen molar-refractivity contribution >= 4 is 11.3 Å². The SMILES string of the molecule is CC(C)CNCCCCCCN(Cc1cccs1)C1CC1. The van der Waals surface area contributed by atoms with E-state index in [1.807, 2.05) is 11.3 Å². The second kappa shape index (κ2) is 9.60. The predicted octanol–water partition coefficient (Wildman–Crippen LogP) is 4.52. The van der Waals surface area contributed by atoms with Gasteiger partial charge in [-0.05, 0) is 62.7 Å². The van der Waals surface area contributed by atoms with Gasteiger partial charge in [-0.25, -0.2) is 0 Å². The first-order valence-corrected chi connectivity index (χ1v) is 9.61. The molecule has 1 fully saturated rings. The molecule has 2 nitrogen and oxygen atoms in total. The Labute approximate surface area is 134 Å². The lowest BCUT2D eigenvalue weighted by Gasteiger charge is -2.21. The number of rotatable bonds is 12. The fourth-order valence-corrected chi connectivity index (χ4v) is 3.47. The summed E-state index contributed by atoms with van der Waals surface area (Å²) in [5.74, 6) is 0.773. The summed E-state index contributed by atoms with van der Waals surface area (Å²) in [5.41, 5.74) is 0. The minimum Gasteiger partial charge on any atom is -0.316 e. The number of thiophene rings is 1. The van der Waals surface area contributed by atoms with Gasteiger partial charge in [-0.2, -0.15) is 0 Å². The molecule has 0 aliphatic heterocycles. The summed E-state index contributed by atoms with van der Waals surface area (Å²) in [6.45, 7) is 9.37. The highest BCUT2D eigenvalue weighted by atomic mass is 32.1. The lowest BCUT2D eigenvalue weighted by atomic mass is 10.1. The molecule has 0 radical (unpaired) electrons. The summed E-state index contributed by atoms with van der Waals surface area (Å²) < 4.78 is 0. The normalized spacial score (nSPS) is 15.2. The molecule has 3 heteroatoms. The summed E-state index contributed by atoms with van der Waals surface area (Å²) in [7, 11) is 0. The van der Waals surface area contributed by atoms with Crippen molar-refractivity contribution in [1.82, 2.24) is 10.2 Å². The van der Waals surface area contributed by atoms with Gasteiger partial charge in [0.25, 0.3) is 0 Å². The quantitative estimate of drug-likeness (QED) is 0.571. The first kappa shape index (κ1) is 17.0. The molecule has 1 aromatic heterocycles. The van der Waals surface area contributed by atoms with Crippen LogP contribution in [0.2, 0.25) is 0 Å². The minimum atomic E-state index is 0.773. The number of nitrogens with one attached hydrogen (secondary N) is 1. The topological polar surface area (TPSA) is 15.3 Å². The Hall–Kier alpha value is -0.380. The van der Waals surface area contributed by atoms with E-state index in [0.29, 0.717) is 0 Å². The maximum atomic E-state index is 3.53. The maximum Gasteiger partial charge on any atom is 0.0330 e. The smallest absolute Gasteiger partial charge is 0.0330 e. The zero-order valence-corrected chi connectivity index (χ0v) is 14.6. The van der Waals surface area contributed by atoms with Crippen LogP contribution in [0.1, 0.15) is 57.2 Å². The van der Waals surface area contributed by atoms with E-state index in [1.54, 1.807) is 0 Å². The van der Waals surface area contributed by atoms with Crippen molar-refractivity contribution in [2.24, 2.45) is 5.92 Å². The van der Waals surface area contributed by atoms with Gasteiger partial charge in [-0.15, -0.1) is 11.3 Å². The van der Waals surface area contributed by atoms with Gasteiger partial charge in [0.2, 0.25) is 0 Å². The Kier molecular flexibility index (Phi) is 7.76. The van der Waals surface area contributed by atoms with Gasteiger partial charge in [0, 0.05) is 17.5 Å². The van der Waals surface area contributed by atoms with Crippen LogP contribution in [0.3, 0.4) is 0 Å². The zero-order valence-electron chi connectivity index (χ0n) is 13.8. The molecule has 1 aliphatic rings. The monoisotopic (exact) mass is 308 g/mol. The molecule has 0 saturated heterocycles. The Morgan fingerprint density at radius 2 is 2.05 bits per heavy atom. The van der Waals surface area contributed by atoms with E-state index in [2.05, 4.69) is 41.6 Å². The van der Waals surface area contributed by atoms with Crippen LogP contribution in [-0.4, -0.2) is 30.6 Å². The third-order valence-corrected chi connectivity index (χ3v) is 4.96. The molecule has 21 heavy (non-hydrogen) atoms. The molecule has 2 rings (SSSR count).